The summed E-state index contributed by atoms with van der Waals surface area (Å²) < 4.78 is 0. The number of H-pyrrole nitrogens is 1. The molecular formula is C18H24N4OS. The zero-order chi connectivity index (χ0) is 16.4. The lowest BCUT2D eigenvalue weighted by molar-refractivity contribution is 0.200. The standard InChI is InChI=1S/C18H24N4OS/c23-17-11-16(19-18(20-17)22-8-1-2-9-22)14-5-3-7-21(12-14)13-15-6-4-10-24-15/h4,6,10-11,14H,1-3,5,7-9,12-13H2,(H,19,20,23). The Morgan fingerprint density at radius 2 is 2.12 bits per heavy atom. The number of nitrogens with one attached hydrogen (secondary N) is 1. The summed E-state index contributed by atoms with van der Waals surface area (Å²) in [5, 5.41) is 2.14. The molecule has 2 aromatic heterocycles. The molecule has 0 radical (unpaired) electrons. The van der Waals surface area contributed by atoms with E-state index >= 15 is 0 Å². The van der Waals surface area contributed by atoms with Gasteiger partial charge in [0, 0.05) is 43.0 Å². The number of thiophene rings is 1. The first kappa shape index (κ1) is 15.8. The van der Waals surface area contributed by atoms with Crippen molar-refractivity contribution in [3.8, 4) is 0 Å². The van der Waals surface area contributed by atoms with Gasteiger partial charge >= 0.3 is 0 Å². The number of rotatable bonds is 4. The zero-order valence-corrected chi connectivity index (χ0v) is 14.7. The Balaban J connectivity index is 1.51. The first-order chi connectivity index (χ1) is 11.8. The quantitative estimate of drug-likeness (QED) is 0.927. The second-order valence-electron chi connectivity index (χ2n) is 6.84. The highest BCUT2D eigenvalue weighted by Crippen LogP contribution is 2.27. The summed E-state index contributed by atoms with van der Waals surface area (Å²) in [6.45, 7) is 5.14. The highest BCUT2D eigenvalue weighted by atomic mass is 32.1. The number of nitrogens with zero attached hydrogens (tertiary/aromatic N) is 3. The first-order valence-electron chi connectivity index (χ1n) is 8.89. The van der Waals surface area contributed by atoms with Crippen molar-refractivity contribution >= 4 is 17.3 Å². The van der Waals surface area contributed by atoms with Crippen molar-refractivity contribution in [2.24, 2.45) is 0 Å². The van der Waals surface area contributed by atoms with E-state index in [0.29, 0.717) is 5.92 Å². The minimum absolute atomic E-state index is 0.0164. The van der Waals surface area contributed by atoms with Gasteiger partial charge in [0.25, 0.3) is 5.56 Å². The third-order valence-corrected chi connectivity index (χ3v) is 5.90. The highest BCUT2D eigenvalue weighted by Gasteiger charge is 2.24. The van der Waals surface area contributed by atoms with Crippen LogP contribution < -0.4 is 10.5 Å². The molecule has 4 rings (SSSR count). The van der Waals surface area contributed by atoms with E-state index in [1.807, 2.05) is 11.3 Å². The number of aromatic nitrogens is 2. The van der Waals surface area contributed by atoms with Gasteiger partial charge in [0.1, 0.15) is 0 Å². The van der Waals surface area contributed by atoms with Crippen molar-refractivity contribution in [2.75, 3.05) is 31.1 Å². The van der Waals surface area contributed by atoms with Gasteiger partial charge in [0.05, 0.1) is 5.69 Å². The molecule has 2 fully saturated rings. The van der Waals surface area contributed by atoms with Gasteiger partial charge in [-0.2, -0.15) is 0 Å². The predicted molar refractivity (Wildman–Crippen MR) is 97.9 cm³/mol. The number of piperidine rings is 1. The number of likely N-dealkylation sites (tertiary alicyclic amines) is 1. The molecule has 0 aliphatic carbocycles. The normalized spacial score (nSPS) is 22.2. The lowest BCUT2D eigenvalue weighted by Gasteiger charge is -2.32. The van der Waals surface area contributed by atoms with Crippen LogP contribution in [0.4, 0.5) is 5.95 Å². The van der Waals surface area contributed by atoms with E-state index in [1.165, 1.54) is 24.1 Å². The van der Waals surface area contributed by atoms with Gasteiger partial charge in [0.2, 0.25) is 5.95 Å². The largest absolute Gasteiger partial charge is 0.342 e. The highest BCUT2D eigenvalue weighted by molar-refractivity contribution is 7.09. The van der Waals surface area contributed by atoms with E-state index in [9.17, 15) is 4.79 Å². The summed E-state index contributed by atoms with van der Waals surface area (Å²) in [6.07, 6.45) is 4.66. The van der Waals surface area contributed by atoms with Crippen LogP contribution in [0, 0.1) is 0 Å². The van der Waals surface area contributed by atoms with E-state index in [1.54, 1.807) is 6.07 Å². The Morgan fingerprint density at radius 1 is 1.25 bits per heavy atom. The van der Waals surface area contributed by atoms with Crippen LogP contribution in [0.25, 0.3) is 0 Å². The minimum atomic E-state index is -0.0164. The van der Waals surface area contributed by atoms with Crippen molar-refractivity contribution in [2.45, 2.75) is 38.1 Å². The monoisotopic (exact) mass is 344 g/mol. The fourth-order valence-corrected chi connectivity index (χ4v) is 4.56. The van der Waals surface area contributed by atoms with E-state index in [2.05, 4.69) is 32.3 Å². The van der Waals surface area contributed by atoms with Crippen molar-refractivity contribution < 1.29 is 0 Å². The number of aromatic amines is 1. The summed E-state index contributed by atoms with van der Waals surface area (Å²) in [5.41, 5.74) is 0.953. The number of hydrogen-bond donors (Lipinski definition) is 1. The van der Waals surface area contributed by atoms with E-state index in [-0.39, 0.29) is 5.56 Å². The Morgan fingerprint density at radius 3 is 2.92 bits per heavy atom. The predicted octanol–water partition coefficient (Wildman–Crippen LogP) is 2.81. The van der Waals surface area contributed by atoms with Crippen LogP contribution in [0.15, 0.2) is 28.4 Å². The average molecular weight is 344 g/mol. The fourth-order valence-electron chi connectivity index (χ4n) is 3.81. The van der Waals surface area contributed by atoms with Crippen molar-refractivity contribution in [1.82, 2.24) is 14.9 Å². The maximum Gasteiger partial charge on any atom is 0.252 e. The van der Waals surface area contributed by atoms with Crippen LogP contribution in [-0.2, 0) is 6.54 Å². The second-order valence-corrected chi connectivity index (χ2v) is 7.87. The lowest BCUT2D eigenvalue weighted by Crippen LogP contribution is -2.35. The summed E-state index contributed by atoms with van der Waals surface area (Å²) in [7, 11) is 0. The summed E-state index contributed by atoms with van der Waals surface area (Å²) in [6, 6.07) is 6.02. The molecule has 1 atom stereocenters. The summed E-state index contributed by atoms with van der Waals surface area (Å²) in [4.78, 5) is 26.0. The van der Waals surface area contributed by atoms with Crippen molar-refractivity contribution in [3.63, 3.8) is 0 Å². The molecule has 0 saturated carbocycles. The zero-order valence-electron chi connectivity index (χ0n) is 13.9. The van der Waals surface area contributed by atoms with Gasteiger partial charge in [-0.15, -0.1) is 11.3 Å². The average Bonchev–Trinajstić information content (AvgIpc) is 3.28. The molecule has 0 aromatic carbocycles. The Kier molecular flexibility index (Phi) is 4.67. The molecule has 2 aliphatic heterocycles. The topological polar surface area (TPSA) is 52.2 Å². The smallest absolute Gasteiger partial charge is 0.252 e. The molecule has 0 amide bonds. The van der Waals surface area contributed by atoms with Gasteiger partial charge in [-0.05, 0) is 43.7 Å². The Hall–Kier alpha value is -1.66. The molecular weight excluding hydrogens is 320 g/mol. The third-order valence-electron chi connectivity index (χ3n) is 5.04. The van der Waals surface area contributed by atoms with E-state index in [0.717, 1.165) is 50.8 Å². The number of hydrogen-bond acceptors (Lipinski definition) is 5. The lowest BCUT2D eigenvalue weighted by atomic mass is 9.94. The van der Waals surface area contributed by atoms with Gasteiger partial charge < -0.3 is 4.90 Å². The van der Waals surface area contributed by atoms with Crippen LogP contribution in [0.5, 0.6) is 0 Å². The van der Waals surface area contributed by atoms with Gasteiger partial charge in [-0.1, -0.05) is 6.07 Å². The fraction of sp³-hybridized carbons (Fsp3) is 0.556. The molecule has 1 unspecified atom stereocenters. The van der Waals surface area contributed by atoms with Crippen LogP contribution in [0.3, 0.4) is 0 Å². The molecule has 2 aromatic rings. The maximum atomic E-state index is 12.1. The second kappa shape index (κ2) is 7.07. The SMILES string of the molecule is O=c1cc(C2CCCN(Cc3cccs3)C2)nc(N2CCCC2)[nH]1. The molecule has 128 valence electrons. The van der Waals surface area contributed by atoms with E-state index in [4.69, 9.17) is 4.98 Å². The molecule has 0 bridgehead atoms. The molecule has 2 aliphatic rings. The van der Waals surface area contributed by atoms with Crippen molar-refractivity contribution in [1.29, 1.82) is 0 Å². The molecule has 2 saturated heterocycles. The van der Waals surface area contributed by atoms with Gasteiger partial charge in [-0.3, -0.25) is 14.7 Å². The van der Waals surface area contributed by atoms with Crippen molar-refractivity contribution in [3.05, 3.63) is 44.5 Å². The van der Waals surface area contributed by atoms with E-state index < -0.39 is 0 Å². The molecule has 5 nitrogen and oxygen atoms in total. The van der Waals surface area contributed by atoms with Crippen LogP contribution >= 0.6 is 11.3 Å². The van der Waals surface area contributed by atoms with Crippen LogP contribution in [0.2, 0.25) is 0 Å². The van der Waals surface area contributed by atoms with Crippen LogP contribution in [0.1, 0.15) is 42.2 Å². The number of anilines is 1. The first-order valence-corrected chi connectivity index (χ1v) is 9.77. The Bertz CT molecular complexity index is 721. The van der Waals surface area contributed by atoms with Gasteiger partial charge in [0.15, 0.2) is 0 Å². The minimum Gasteiger partial charge on any atom is -0.342 e. The molecule has 4 heterocycles. The molecule has 0 spiro atoms. The van der Waals surface area contributed by atoms with Crippen LogP contribution in [-0.4, -0.2) is 41.0 Å². The summed E-state index contributed by atoms with van der Waals surface area (Å²) in [5.74, 6) is 1.13. The Labute approximate surface area is 146 Å². The van der Waals surface area contributed by atoms with Gasteiger partial charge in [-0.25, -0.2) is 4.98 Å². The maximum absolute atomic E-state index is 12.1. The third kappa shape index (κ3) is 3.54. The summed E-state index contributed by atoms with van der Waals surface area (Å²) >= 11 is 1.82. The molecule has 1 N–H and O–H groups in total. The molecule has 6 heteroatoms. The molecule has 24 heavy (non-hydrogen) atoms.